The lowest BCUT2D eigenvalue weighted by Crippen LogP contribution is -2.32. The average Bonchev–Trinajstić information content (AvgIpc) is 2.93. The van der Waals surface area contributed by atoms with Gasteiger partial charge >= 0.3 is 0 Å². The molecular formula is C14H14F2O5. The Hall–Kier alpha value is -2.02. The van der Waals surface area contributed by atoms with Crippen molar-refractivity contribution in [2.75, 3.05) is 14.2 Å². The lowest BCUT2D eigenvalue weighted by molar-refractivity contribution is -0.0341. The highest BCUT2D eigenvalue weighted by atomic mass is 19.3. The van der Waals surface area contributed by atoms with E-state index in [1.54, 1.807) is 6.07 Å². The third kappa shape index (κ3) is 1.99. The smallest absolute Gasteiger partial charge is 0.274 e. The molecule has 0 unspecified atom stereocenters. The van der Waals surface area contributed by atoms with Gasteiger partial charge in [-0.1, -0.05) is 0 Å². The molecule has 2 aromatic rings. The summed E-state index contributed by atoms with van der Waals surface area (Å²) >= 11 is 0. The number of furan rings is 1. The SMILES string of the molecule is COc1c2c(c(OC)c3occc13)O[C@@H](C(F)F)C[C@H]2O. The highest BCUT2D eigenvalue weighted by Crippen LogP contribution is 2.52. The topological polar surface area (TPSA) is 61.1 Å². The van der Waals surface area contributed by atoms with Crippen LogP contribution in [0.15, 0.2) is 16.7 Å². The number of benzene rings is 1. The Kier molecular flexibility index (Phi) is 3.36. The van der Waals surface area contributed by atoms with E-state index in [1.165, 1.54) is 20.5 Å². The summed E-state index contributed by atoms with van der Waals surface area (Å²) < 4.78 is 47.0. The number of alkyl halides is 2. The van der Waals surface area contributed by atoms with Crippen molar-refractivity contribution >= 4 is 11.0 Å². The van der Waals surface area contributed by atoms with Crippen LogP contribution in [0.4, 0.5) is 8.78 Å². The fraction of sp³-hybridized carbons (Fsp3) is 0.429. The summed E-state index contributed by atoms with van der Waals surface area (Å²) in [6.45, 7) is 0. The van der Waals surface area contributed by atoms with Gasteiger partial charge in [-0.2, -0.15) is 0 Å². The fourth-order valence-corrected chi connectivity index (χ4v) is 2.65. The Morgan fingerprint density at radius 3 is 2.62 bits per heavy atom. The van der Waals surface area contributed by atoms with Crippen LogP contribution in [-0.4, -0.2) is 31.9 Å². The second kappa shape index (κ2) is 5.07. The van der Waals surface area contributed by atoms with Crippen LogP contribution in [0.25, 0.3) is 11.0 Å². The van der Waals surface area contributed by atoms with Gasteiger partial charge in [0.25, 0.3) is 6.43 Å². The number of fused-ring (bicyclic) bond motifs is 2. The van der Waals surface area contributed by atoms with E-state index in [0.29, 0.717) is 22.3 Å². The van der Waals surface area contributed by atoms with E-state index >= 15 is 0 Å². The summed E-state index contributed by atoms with van der Waals surface area (Å²) in [5.41, 5.74) is 0.635. The molecule has 0 bridgehead atoms. The molecule has 2 atom stereocenters. The predicted octanol–water partition coefficient (Wildman–Crippen LogP) is 2.90. The first-order valence-corrected chi connectivity index (χ1v) is 6.36. The number of halogens is 2. The van der Waals surface area contributed by atoms with Crippen molar-refractivity contribution in [1.82, 2.24) is 0 Å². The molecule has 7 heteroatoms. The van der Waals surface area contributed by atoms with Crippen molar-refractivity contribution in [3.63, 3.8) is 0 Å². The van der Waals surface area contributed by atoms with Gasteiger partial charge in [-0.15, -0.1) is 0 Å². The van der Waals surface area contributed by atoms with Crippen molar-refractivity contribution in [3.8, 4) is 17.2 Å². The predicted molar refractivity (Wildman–Crippen MR) is 69.3 cm³/mol. The van der Waals surface area contributed by atoms with Gasteiger partial charge in [0.1, 0.15) is 5.75 Å². The maximum absolute atomic E-state index is 12.9. The van der Waals surface area contributed by atoms with E-state index in [2.05, 4.69) is 0 Å². The first-order chi connectivity index (χ1) is 10.1. The van der Waals surface area contributed by atoms with E-state index in [1.807, 2.05) is 0 Å². The summed E-state index contributed by atoms with van der Waals surface area (Å²) in [7, 11) is 2.81. The Morgan fingerprint density at radius 1 is 1.29 bits per heavy atom. The molecule has 114 valence electrons. The van der Waals surface area contributed by atoms with Crippen molar-refractivity contribution < 1.29 is 32.5 Å². The van der Waals surface area contributed by atoms with E-state index in [9.17, 15) is 13.9 Å². The molecule has 0 fully saturated rings. The molecule has 2 heterocycles. The first kappa shape index (κ1) is 13.9. The van der Waals surface area contributed by atoms with Gasteiger partial charge in [0, 0.05) is 6.42 Å². The van der Waals surface area contributed by atoms with Crippen LogP contribution in [0.1, 0.15) is 18.1 Å². The summed E-state index contributed by atoms with van der Waals surface area (Å²) in [5.74, 6) is 0.561. The normalized spacial score (nSPS) is 21.2. The van der Waals surface area contributed by atoms with Crippen LogP contribution >= 0.6 is 0 Å². The number of aliphatic hydroxyl groups excluding tert-OH is 1. The summed E-state index contributed by atoms with van der Waals surface area (Å²) in [5, 5.41) is 10.8. The van der Waals surface area contributed by atoms with Crippen molar-refractivity contribution in [1.29, 1.82) is 0 Å². The molecule has 0 radical (unpaired) electrons. The third-order valence-electron chi connectivity index (χ3n) is 3.56. The van der Waals surface area contributed by atoms with Crippen LogP contribution in [0.5, 0.6) is 17.2 Å². The third-order valence-corrected chi connectivity index (χ3v) is 3.56. The molecule has 5 nitrogen and oxygen atoms in total. The lowest BCUT2D eigenvalue weighted by Gasteiger charge is -2.31. The maximum Gasteiger partial charge on any atom is 0.274 e. The van der Waals surface area contributed by atoms with Crippen LogP contribution in [0.2, 0.25) is 0 Å². The van der Waals surface area contributed by atoms with Gasteiger partial charge in [0.05, 0.1) is 37.5 Å². The van der Waals surface area contributed by atoms with Crippen LogP contribution < -0.4 is 14.2 Å². The number of hydrogen-bond donors (Lipinski definition) is 1. The molecule has 0 amide bonds. The van der Waals surface area contributed by atoms with Crippen molar-refractivity contribution in [3.05, 3.63) is 17.9 Å². The van der Waals surface area contributed by atoms with Crippen LogP contribution in [0.3, 0.4) is 0 Å². The molecule has 21 heavy (non-hydrogen) atoms. The Morgan fingerprint density at radius 2 is 2.00 bits per heavy atom. The van der Waals surface area contributed by atoms with Gasteiger partial charge in [0.15, 0.2) is 17.4 Å². The summed E-state index contributed by atoms with van der Waals surface area (Å²) in [4.78, 5) is 0. The van der Waals surface area contributed by atoms with Gasteiger partial charge in [-0.3, -0.25) is 0 Å². The van der Waals surface area contributed by atoms with E-state index < -0.39 is 18.6 Å². The molecule has 0 spiro atoms. The zero-order valence-corrected chi connectivity index (χ0v) is 11.4. The minimum Gasteiger partial charge on any atom is -0.495 e. The number of methoxy groups -OCH3 is 2. The Balaban J connectivity index is 2.29. The minimum absolute atomic E-state index is 0.0425. The van der Waals surface area contributed by atoms with Gasteiger partial charge in [-0.25, -0.2) is 8.78 Å². The molecule has 1 aromatic carbocycles. The zero-order valence-electron chi connectivity index (χ0n) is 11.4. The van der Waals surface area contributed by atoms with E-state index in [4.69, 9.17) is 18.6 Å². The second-order valence-corrected chi connectivity index (χ2v) is 4.71. The highest BCUT2D eigenvalue weighted by Gasteiger charge is 2.39. The molecule has 0 saturated carbocycles. The number of hydrogen-bond acceptors (Lipinski definition) is 5. The monoisotopic (exact) mass is 300 g/mol. The maximum atomic E-state index is 12.9. The molecule has 3 rings (SSSR count). The average molecular weight is 300 g/mol. The van der Waals surface area contributed by atoms with Gasteiger partial charge in [0.2, 0.25) is 5.75 Å². The van der Waals surface area contributed by atoms with Crippen LogP contribution in [-0.2, 0) is 0 Å². The molecule has 1 aromatic heterocycles. The molecular weight excluding hydrogens is 286 g/mol. The molecule has 1 N–H and O–H groups in total. The van der Waals surface area contributed by atoms with Gasteiger partial charge in [-0.05, 0) is 6.07 Å². The van der Waals surface area contributed by atoms with Crippen molar-refractivity contribution in [2.45, 2.75) is 25.1 Å². The number of rotatable bonds is 3. The van der Waals surface area contributed by atoms with Gasteiger partial charge < -0.3 is 23.7 Å². The summed E-state index contributed by atoms with van der Waals surface area (Å²) in [6.07, 6.45) is -4.03. The molecule has 0 saturated heterocycles. The first-order valence-electron chi connectivity index (χ1n) is 6.36. The van der Waals surface area contributed by atoms with E-state index in [-0.39, 0.29) is 17.9 Å². The number of ether oxygens (including phenoxy) is 3. The Bertz CT molecular complexity index is 667. The van der Waals surface area contributed by atoms with E-state index in [0.717, 1.165) is 0 Å². The largest absolute Gasteiger partial charge is 0.495 e. The zero-order chi connectivity index (χ0) is 15.1. The minimum atomic E-state index is -2.71. The molecule has 1 aliphatic rings. The van der Waals surface area contributed by atoms with Crippen molar-refractivity contribution in [2.24, 2.45) is 0 Å². The Labute approximate surface area is 119 Å². The number of aliphatic hydroxyl groups is 1. The van der Waals surface area contributed by atoms with Crippen LogP contribution in [0, 0.1) is 0 Å². The molecule has 0 aliphatic carbocycles. The summed E-state index contributed by atoms with van der Waals surface area (Å²) in [6, 6.07) is 1.66. The standard InChI is InChI=1S/C14H14F2O5/c1-18-10-6-3-4-20-11(6)13(19-2)12-9(10)7(17)5-8(21-12)14(15)16/h3-4,7-8,14,17H,5H2,1-2H3/t7-,8-/m1/s1. The quantitative estimate of drug-likeness (QED) is 0.944. The lowest BCUT2D eigenvalue weighted by atomic mass is 9.96. The second-order valence-electron chi connectivity index (χ2n) is 4.71. The molecule has 1 aliphatic heterocycles. The fourth-order valence-electron chi connectivity index (χ4n) is 2.65. The highest BCUT2D eigenvalue weighted by molar-refractivity contribution is 5.94.